The second-order valence-corrected chi connectivity index (χ2v) is 12.5. The Morgan fingerprint density at radius 2 is 0.981 bits per heavy atom. The van der Waals surface area contributed by atoms with Crippen molar-refractivity contribution in [3.63, 3.8) is 0 Å². The fourth-order valence-electron chi connectivity index (χ4n) is 5.81. The molecule has 2 atom stereocenters. The first-order chi connectivity index (χ1) is 25.6. The summed E-state index contributed by atoms with van der Waals surface area (Å²) in [6.45, 7) is 2.90. The van der Waals surface area contributed by atoms with Crippen LogP contribution < -0.4 is 9.47 Å². The molecule has 0 aliphatic heterocycles. The monoisotopic (exact) mass is 754 g/mol. The zero-order chi connectivity index (χ0) is 38.8. The Bertz CT molecular complexity index is 2090. The first kappa shape index (κ1) is 37.8. The zero-order valence-electron chi connectivity index (χ0n) is 28.4. The van der Waals surface area contributed by atoms with E-state index in [1.165, 1.54) is 73.1 Å². The first-order valence-electron chi connectivity index (χ1n) is 16.4. The van der Waals surface area contributed by atoms with E-state index < -0.39 is 46.9 Å². The summed E-state index contributed by atoms with van der Waals surface area (Å²) < 4.78 is 119. The van der Waals surface area contributed by atoms with Crippen LogP contribution in [0, 0.1) is 11.6 Å². The van der Waals surface area contributed by atoms with Gasteiger partial charge in [-0.05, 0) is 70.8 Å². The molecule has 0 spiro atoms. The molecule has 0 saturated carbocycles. The number of aromatic amines is 2. The predicted molar refractivity (Wildman–Crippen MR) is 181 cm³/mol. The summed E-state index contributed by atoms with van der Waals surface area (Å²) in [6.07, 6.45) is -6.12. The Balaban J connectivity index is 1.06. The number of carbonyl (C=O) groups is 1. The summed E-state index contributed by atoms with van der Waals surface area (Å²) in [7, 11) is 0. The van der Waals surface area contributed by atoms with Gasteiger partial charge in [-0.25, -0.2) is 8.78 Å². The normalized spacial score (nSPS) is 13.1. The smallest absolute Gasteiger partial charge is 0.416 e. The maximum absolute atomic E-state index is 15.2. The molecule has 0 aliphatic rings. The minimum atomic E-state index is -4.48. The van der Waals surface area contributed by atoms with Crippen LogP contribution in [-0.4, -0.2) is 26.2 Å². The molecule has 2 unspecified atom stereocenters. The van der Waals surface area contributed by atoms with Crippen molar-refractivity contribution in [2.24, 2.45) is 0 Å². The van der Waals surface area contributed by atoms with Crippen LogP contribution in [0.4, 0.5) is 35.1 Å². The third-order valence-corrected chi connectivity index (χ3v) is 8.97. The summed E-state index contributed by atoms with van der Waals surface area (Å²) in [5.74, 6) is -3.61. The molecule has 6 aromatic rings. The Kier molecular flexibility index (Phi) is 10.6. The molecule has 0 fully saturated rings. The van der Waals surface area contributed by atoms with Gasteiger partial charge in [0.25, 0.3) is 0 Å². The summed E-state index contributed by atoms with van der Waals surface area (Å²) >= 11 is 0. The van der Waals surface area contributed by atoms with Crippen molar-refractivity contribution in [3.8, 4) is 34.0 Å². The molecule has 280 valence electrons. The SMILES string of the molecule is CC(C(=O)C(C)c1ccc(OCc2cn[nH]c2-c2ccc(C(F)(F)F)cc2)c(F)c1)c1ccc(OCc2cn[nH]c2-c2ccc(C(F)(F)F)cc2)c(F)c1. The highest BCUT2D eigenvalue weighted by Gasteiger charge is 2.31. The molecule has 0 saturated heterocycles. The number of hydrogen-bond acceptors (Lipinski definition) is 5. The number of ether oxygens (including phenoxy) is 2. The van der Waals surface area contributed by atoms with Gasteiger partial charge in [-0.15, -0.1) is 0 Å². The van der Waals surface area contributed by atoms with Crippen LogP contribution in [0.3, 0.4) is 0 Å². The second-order valence-electron chi connectivity index (χ2n) is 12.5. The van der Waals surface area contributed by atoms with Crippen LogP contribution >= 0.6 is 0 Å². The summed E-state index contributed by atoms with van der Waals surface area (Å²) in [5, 5.41) is 13.3. The van der Waals surface area contributed by atoms with Gasteiger partial charge in [0.05, 0.1) is 34.9 Å². The second kappa shape index (κ2) is 15.2. The number of carbonyl (C=O) groups excluding carboxylic acids is 1. The summed E-state index contributed by atoms with van der Waals surface area (Å²) in [4.78, 5) is 13.4. The van der Waals surface area contributed by atoms with Crippen LogP contribution in [0.2, 0.25) is 0 Å². The molecule has 15 heteroatoms. The van der Waals surface area contributed by atoms with Gasteiger partial charge in [0.2, 0.25) is 0 Å². The minimum absolute atomic E-state index is 0.120. The highest BCUT2D eigenvalue weighted by molar-refractivity contribution is 5.91. The maximum atomic E-state index is 15.2. The lowest BCUT2D eigenvalue weighted by molar-refractivity contribution is -0.138. The molecular formula is C39H30F8N4O3. The topological polar surface area (TPSA) is 92.9 Å². The fourth-order valence-corrected chi connectivity index (χ4v) is 5.81. The number of nitrogens with one attached hydrogen (secondary N) is 2. The molecule has 0 bridgehead atoms. The Hall–Kier alpha value is -5.99. The number of rotatable bonds is 12. The Morgan fingerprint density at radius 1 is 0.611 bits per heavy atom. The lowest BCUT2D eigenvalue weighted by Crippen LogP contribution is -2.17. The summed E-state index contributed by atoms with van der Waals surface area (Å²) in [5.41, 5.74) is 1.75. The van der Waals surface area contributed by atoms with Gasteiger partial charge < -0.3 is 9.47 Å². The predicted octanol–water partition coefficient (Wildman–Crippen LogP) is 10.4. The first-order valence-corrected chi connectivity index (χ1v) is 16.4. The van der Waals surface area contributed by atoms with E-state index in [-0.39, 0.29) is 30.5 Å². The molecular weight excluding hydrogens is 724 g/mol. The molecule has 6 rings (SSSR count). The van der Waals surface area contributed by atoms with E-state index in [0.29, 0.717) is 44.8 Å². The lowest BCUT2D eigenvalue weighted by atomic mass is 9.85. The van der Waals surface area contributed by atoms with Crippen molar-refractivity contribution in [2.45, 2.75) is 51.2 Å². The Morgan fingerprint density at radius 3 is 1.31 bits per heavy atom. The van der Waals surface area contributed by atoms with Gasteiger partial charge in [0.1, 0.15) is 19.0 Å². The standard InChI is InChI=1S/C39H30F8N4O3/c1-21(25-7-13-33(31(40)15-25)53-19-27-17-48-50-35(27)23-3-9-29(10-4-23)38(42,43)44)37(52)22(2)26-8-14-34(32(41)16-26)54-20-28-18-49-51-36(28)24-5-11-30(12-6-24)39(45,46)47/h3-18,21-22H,19-20H2,1-2H3,(H,48,50)(H,49,51). The third kappa shape index (κ3) is 8.29. The van der Waals surface area contributed by atoms with Crippen LogP contribution in [0.1, 0.15) is 59.1 Å². The van der Waals surface area contributed by atoms with Crippen LogP contribution in [0.25, 0.3) is 22.5 Å². The highest BCUT2D eigenvalue weighted by atomic mass is 19.4. The van der Waals surface area contributed by atoms with Crippen molar-refractivity contribution >= 4 is 5.78 Å². The molecule has 0 radical (unpaired) electrons. The van der Waals surface area contributed by atoms with Crippen molar-refractivity contribution in [1.82, 2.24) is 20.4 Å². The average molecular weight is 755 g/mol. The molecule has 2 heterocycles. The number of benzene rings is 4. The number of Topliss-reactive ketones (excluding diaryl/α,β-unsaturated/α-hetero) is 1. The van der Waals surface area contributed by atoms with Crippen molar-refractivity contribution in [3.05, 3.63) is 142 Å². The number of hydrogen-bond donors (Lipinski definition) is 2. The average Bonchev–Trinajstić information content (AvgIpc) is 3.82. The molecule has 4 aromatic carbocycles. The third-order valence-electron chi connectivity index (χ3n) is 8.97. The lowest BCUT2D eigenvalue weighted by Gasteiger charge is -2.18. The van der Waals surface area contributed by atoms with Gasteiger partial charge in [0.15, 0.2) is 23.1 Å². The van der Waals surface area contributed by atoms with Crippen molar-refractivity contribution in [2.75, 3.05) is 0 Å². The summed E-state index contributed by atoms with van der Waals surface area (Å²) in [6, 6.07) is 17.1. The molecule has 2 N–H and O–H groups in total. The van der Waals surface area contributed by atoms with Crippen LogP contribution in [-0.2, 0) is 30.4 Å². The van der Waals surface area contributed by atoms with Crippen LogP contribution in [0.5, 0.6) is 11.5 Å². The van der Waals surface area contributed by atoms with Gasteiger partial charge in [-0.1, -0.05) is 50.2 Å². The number of aromatic nitrogens is 4. The number of ketones is 1. The van der Waals surface area contributed by atoms with E-state index in [4.69, 9.17) is 9.47 Å². The number of H-pyrrole nitrogens is 2. The van der Waals surface area contributed by atoms with E-state index in [9.17, 15) is 31.1 Å². The fraction of sp³-hybridized carbons (Fsp3) is 0.205. The van der Waals surface area contributed by atoms with Crippen molar-refractivity contribution < 1.29 is 49.4 Å². The number of nitrogens with zero attached hydrogens (tertiary/aromatic N) is 2. The van der Waals surface area contributed by atoms with E-state index >= 15 is 8.78 Å². The van der Waals surface area contributed by atoms with Gasteiger partial charge >= 0.3 is 12.4 Å². The van der Waals surface area contributed by atoms with E-state index in [1.807, 2.05) is 0 Å². The largest absolute Gasteiger partial charge is 0.486 e. The van der Waals surface area contributed by atoms with Gasteiger partial charge in [-0.2, -0.15) is 36.5 Å². The van der Waals surface area contributed by atoms with Gasteiger partial charge in [0, 0.05) is 23.0 Å². The molecule has 7 nitrogen and oxygen atoms in total. The minimum Gasteiger partial charge on any atom is -0.486 e. The van der Waals surface area contributed by atoms with E-state index in [0.717, 1.165) is 24.3 Å². The molecule has 0 aliphatic carbocycles. The molecule has 2 aromatic heterocycles. The molecule has 0 amide bonds. The highest BCUT2D eigenvalue weighted by Crippen LogP contribution is 2.35. The van der Waals surface area contributed by atoms with E-state index in [2.05, 4.69) is 20.4 Å². The van der Waals surface area contributed by atoms with Crippen molar-refractivity contribution in [1.29, 1.82) is 0 Å². The Labute approximate surface area is 303 Å². The number of alkyl halides is 6. The molecule has 54 heavy (non-hydrogen) atoms. The van der Waals surface area contributed by atoms with E-state index in [1.54, 1.807) is 13.8 Å². The van der Waals surface area contributed by atoms with Gasteiger partial charge in [-0.3, -0.25) is 15.0 Å². The zero-order valence-corrected chi connectivity index (χ0v) is 28.4. The maximum Gasteiger partial charge on any atom is 0.416 e. The number of halogens is 8. The van der Waals surface area contributed by atoms with Crippen LogP contribution in [0.15, 0.2) is 97.3 Å². The quantitative estimate of drug-likeness (QED) is 0.121.